The minimum atomic E-state index is -0.126. The summed E-state index contributed by atoms with van der Waals surface area (Å²) in [4.78, 5) is 25.5. The molecule has 6 heteroatoms. The fourth-order valence-electron chi connectivity index (χ4n) is 2.31. The topological polar surface area (TPSA) is 75.4 Å². The van der Waals surface area contributed by atoms with Gasteiger partial charge in [0.25, 0.3) is 5.91 Å². The van der Waals surface area contributed by atoms with Crippen molar-refractivity contribution in [3.8, 4) is 0 Å². The van der Waals surface area contributed by atoms with E-state index < -0.39 is 0 Å². The summed E-state index contributed by atoms with van der Waals surface area (Å²) >= 11 is 0. The molecule has 0 fully saturated rings. The molecule has 0 spiro atoms. The van der Waals surface area contributed by atoms with E-state index in [9.17, 15) is 9.59 Å². The van der Waals surface area contributed by atoms with Crippen molar-refractivity contribution in [1.29, 1.82) is 0 Å². The molecule has 0 aliphatic carbocycles. The van der Waals surface area contributed by atoms with Gasteiger partial charge in [-0.25, -0.2) is 0 Å². The molecule has 1 aromatic heterocycles. The normalized spacial score (nSPS) is 10.4. The number of likely N-dealkylation sites (N-methyl/N-ethyl adjacent to an activating group) is 1. The largest absolute Gasteiger partial charge is 0.361 e. The van der Waals surface area contributed by atoms with Crippen molar-refractivity contribution in [2.75, 3.05) is 14.1 Å². The van der Waals surface area contributed by atoms with Gasteiger partial charge in [-0.2, -0.15) is 0 Å². The van der Waals surface area contributed by atoms with E-state index in [1.165, 1.54) is 0 Å². The van der Waals surface area contributed by atoms with Gasteiger partial charge in [0.15, 0.2) is 0 Å². The molecule has 1 N–H and O–H groups in total. The summed E-state index contributed by atoms with van der Waals surface area (Å²) < 4.78 is 5.08. The van der Waals surface area contributed by atoms with Gasteiger partial charge >= 0.3 is 0 Å². The number of hydrogen-bond donors (Lipinski definition) is 1. The van der Waals surface area contributed by atoms with Gasteiger partial charge in [-0.3, -0.25) is 9.59 Å². The lowest BCUT2D eigenvalue weighted by atomic mass is 10.1. The molecular formula is C17H21N3O3. The van der Waals surface area contributed by atoms with E-state index in [0.717, 1.165) is 16.8 Å². The van der Waals surface area contributed by atoms with Gasteiger partial charge in [0.05, 0.1) is 12.1 Å². The maximum atomic E-state index is 12.3. The molecule has 0 aliphatic heterocycles. The van der Waals surface area contributed by atoms with Gasteiger partial charge < -0.3 is 14.7 Å². The first kappa shape index (κ1) is 16.7. The Bertz CT molecular complexity index is 685. The number of nitrogens with one attached hydrogen (secondary N) is 1. The summed E-state index contributed by atoms with van der Waals surface area (Å²) in [6, 6.07) is 7.20. The predicted molar refractivity (Wildman–Crippen MR) is 86.0 cm³/mol. The van der Waals surface area contributed by atoms with E-state index in [1.807, 2.05) is 19.1 Å². The maximum Gasteiger partial charge on any atom is 0.251 e. The molecule has 2 aromatic rings. The molecule has 0 bridgehead atoms. The lowest BCUT2D eigenvalue weighted by Gasteiger charge is -2.17. The number of carbonyl (C=O) groups is 2. The fraction of sp³-hybridized carbons (Fsp3) is 0.353. The summed E-state index contributed by atoms with van der Waals surface area (Å²) in [7, 11) is 3.35. The Morgan fingerprint density at radius 1 is 1.22 bits per heavy atom. The Hall–Kier alpha value is -2.63. The highest BCUT2D eigenvalue weighted by Crippen LogP contribution is 2.15. The SMILES string of the molecule is CNC(=O)c1ccc(CN(C)C(=O)Cc2c(C)noc2C)cc1. The van der Waals surface area contributed by atoms with Crippen LogP contribution >= 0.6 is 0 Å². The summed E-state index contributed by atoms with van der Waals surface area (Å²) in [5.41, 5.74) is 3.16. The molecule has 1 heterocycles. The summed E-state index contributed by atoms with van der Waals surface area (Å²) in [6.45, 7) is 4.12. The number of nitrogens with zero attached hydrogens (tertiary/aromatic N) is 2. The monoisotopic (exact) mass is 315 g/mol. The Morgan fingerprint density at radius 2 is 1.87 bits per heavy atom. The van der Waals surface area contributed by atoms with Gasteiger partial charge in [-0.15, -0.1) is 0 Å². The van der Waals surface area contributed by atoms with Crippen LogP contribution in [0.5, 0.6) is 0 Å². The van der Waals surface area contributed by atoms with Gasteiger partial charge in [-0.05, 0) is 31.5 Å². The first-order valence-electron chi connectivity index (χ1n) is 7.39. The van der Waals surface area contributed by atoms with Crippen molar-refractivity contribution >= 4 is 11.8 Å². The van der Waals surface area contributed by atoms with E-state index in [4.69, 9.17) is 4.52 Å². The summed E-state index contributed by atoms with van der Waals surface area (Å²) in [6.07, 6.45) is 0.272. The first-order chi connectivity index (χ1) is 10.9. The lowest BCUT2D eigenvalue weighted by molar-refractivity contribution is -0.129. The van der Waals surface area contributed by atoms with Crippen LogP contribution in [0.4, 0.5) is 0 Å². The number of hydrogen-bond acceptors (Lipinski definition) is 4. The zero-order valence-electron chi connectivity index (χ0n) is 13.8. The number of benzene rings is 1. The average molecular weight is 315 g/mol. The van der Waals surface area contributed by atoms with Crippen LogP contribution in [-0.2, 0) is 17.8 Å². The van der Waals surface area contributed by atoms with Crippen LogP contribution in [0.1, 0.15) is 32.9 Å². The van der Waals surface area contributed by atoms with E-state index in [-0.39, 0.29) is 18.2 Å². The Balaban J connectivity index is 1.99. The minimum Gasteiger partial charge on any atom is -0.361 e. The van der Waals surface area contributed by atoms with Crippen LogP contribution < -0.4 is 5.32 Å². The van der Waals surface area contributed by atoms with Crippen LogP contribution in [0.15, 0.2) is 28.8 Å². The van der Waals surface area contributed by atoms with Crippen molar-refractivity contribution in [3.05, 3.63) is 52.4 Å². The van der Waals surface area contributed by atoms with Gasteiger partial charge in [0, 0.05) is 31.8 Å². The molecule has 122 valence electrons. The highest BCUT2D eigenvalue weighted by molar-refractivity contribution is 5.93. The number of amides is 2. The second kappa shape index (κ2) is 7.09. The van der Waals surface area contributed by atoms with E-state index in [1.54, 1.807) is 38.1 Å². The van der Waals surface area contributed by atoms with E-state index in [0.29, 0.717) is 17.9 Å². The van der Waals surface area contributed by atoms with Gasteiger partial charge in [-0.1, -0.05) is 17.3 Å². The minimum absolute atomic E-state index is 0.00484. The molecule has 2 rings (SSSR count). The highest BCUT2D eigenvalue weighted by atomic mass is 16.5. The quantitative estimate of drug-likeness (QED) is 0.913. The van der Waals surface area contributed by atoms with E-state index in [2.05, 4.69) is 10.5 Å². The third kappa shape index (κ3) is 3.97. The Kier molecular flexibility index (Phi) is 5.16. The fourth-order valence-corrected chi connectivity index (χ4v) is 2.31. The molecule has 0 aliphatic rings. The van der Waals surface area contributed by atoms with Crippen LogP contribution in [0, 0.1) is 13.8 Å². The Morgan fingerprint density at radius 3 is 2.39 bits per heavy atom. The lowest BCUT2D eigenvalue weighted by Crippen LogP contribution is -2.28. The van der Waals surface area contributed by atoms with Crippen molar-refractivity contribution in [2.45, 2.75) is 26.8 Å². The van der Waals surface area contributed by atoms with Crippen molar-refractivity contribution in [1.82, 2.24) is 15.4 Å². The van der Waals surface area contributed by atoms with Crippen molar-refractivity contribution in [3.63, 3.8) is 0 Å². The summed E-state index contributed by atoms with van der Waals surface area (Å²) in [5.74, 6) is 0.549. The molecule has 1 aromatic carbocycles. The molecular weight excluding hydrogens is 294 g/mol. The molecule has 0 saturated carbocycles. The highest BCUT2D eigenvalue weighted by Gasteiger charge is 2.16. The second-order valence-corrected chi connectivity index (χ2v) is 5.51. The summed E-state index contributed by atoms with van der Waals surface area (Å²) in [5, 5.41) is 6.44. The molecule has 23 heavy (non-hydrogen) atoms. The molecule has 0 unspecified atom stereocenters. The standard InChI is InChI=1S/C17H21N3O3/c1-11-15(12(2)23-19-11)9-16(21)20(4)10-13-5-7-14(8-6-13)17(22)18-3/h5-8H,9-10H2,1-4H3,(H,18,22). The number of aromatic nitrogens is 1. The number of aryl methyl sites for hydroxylation is 2. The van der Waals surface area contributed by atoms with Gasteiger partial charge in [0.1, 0.15) is 5.76 Å². The number of carbonyl (C=O) groups excluding carboxylic acids is 2. The van der Waals surface area contributed by atoms with E-state index >= 15 is 0 Å². The zero-order valence-corrected chi connectivity index (χ0v) is 13.8. The van der Waals surface area contributed by atoms with Crippen molar-refractivity contribution in [2.24, 2.45) is 0 Å². The third-order valence-corrected chi connectivity index (χ3v) is 3.80. The maximum absolute atomic E-state index is 12.3. The molecule has 2 amide bonds. The van der Waals surface area contributed by atoms with Crippen LogP contribution in [0.3, 0.4) is 0 Å². The molecule has 0 saturated heterocycles. The first-order valence-corrected chi connectivity index (χ1v) is 7.39. The number of rotatable bonds is 5. The van der Waals surface area contributed by atoms with Crippen molar-refractivity contribution < 1.29 is 14.1 Å². The van der Waals surface area contributed by atoms with Crippen LogP contribution in [0.25, 0.3) is 0 Å². The van der Waals surface area contributed by atoms with Crippen LogP contribution in [0.2, 0.25) is 0 Å². The smallest absolute Gasteiger partial charge is 0.251 e. The molecule has 6 nitrogen and oxygen atoms in total. The van der Waals surface area contributed by atoms with Crippen LogP contribution in [-0.4, -0.2) is 36.0 Å². The predicted octanol–water partition coefficient (Wildman–Crippen LogP) is 1.85. The molecule has 0 radical (unpaired) electrons. The third-order valence-electron chi connectivity index (χ3n) is 3.80. The average Bonchev–Trinajstić information content (AvgIpc) is 2.86. The molecule has 0 atom stereocenters. The Labute approximate surface area is 135 Å². The zero-order chi connectivity index (χ0) is 17.0. The second-order valence-electron chi connectivity index (χ2n) is 5.51. The van der Waals surface area contributed by atoms with Gasteiger partial charge in [0.2, 0.25) is 5.91 Å².